The first-order chi connectivity index (χ1) is 14.0. The third-order valence-electron chi connectivity index (χ3n) is 5.45. The number of nitrogens with one attached hydrogen (secondary N) is 1. The Morgan fingerprint density at radius 3 is 2.86 bits per heavy atom. The number of piperidine rings is 1. The zero-order chi connectivity index (χ0) is 20.4. The molecule has 2 atom stereocenters. The Morgan fingerprint density at radius 2 is 2.17 bits per heavy atom. The number of esters is 1. The predicted molar refractivity (Wildman–Crippen MR) is 100 cm³/mol. The molecule has 1 amide bonds. The lowest BCUT2D eigenvalue weighted by Gasteiger charge is -2.37. The fraction of sp³-hybridized carbons (Fsp3) is 0.500. The standard InChI is InChI=1S/C20H23FN4O4/c1-28-20(27)14-11-25(10-12-2-3-12)7-6-15(14)23-19(26)17-8-18(29-24-17)16-5-4-13(21)9-22-16/h4-5,8-9,12,14-15H,2-3,6-7,10-11H2,1H3,(H,23,26). The summed E-state index contributed by atoms with van der Waals surface area (Å²) in [4.78, 5) is 31.1. The first-order valence-corrected chi connectivity index (χ1v) is 9.73. The van der Waals surface area contributed by atoms with Crippen LogP contribution < -0.4 is 5.32 Å². The topological polar surface area (TPSA) is 97.6 Å². The molecule has 1 saturated carbocycles. The Hall–Kier alpha value is -2.81. The first-order valence-electron chi connectivity index (χ1n) is 9.73. The van der Waals surface area contributed by atoms with Gasteiger partial charge in [0.2, 0.25) is 0 Å². The minimum Gasteiger partial charge on any atom is -0.469 e. The summed E-state index contributed by atoms with van der Waals surface area (Å²) in [6.07, 6.45) is 4.21. The second-order valence-corrected chi connectivity index (χ2v) is 7.64. The predicted octanol–water partition coefficient (Wildman–Crippen LogP) is 1.88. The van der Waals surface area contributed by atoms with Crippen LogP contribution in [0.2, 0.25) is 0 Å². The molecule has 29 heavy (non-hydrogen) atoms. The second-order valence-electron chi connectivity index (χ2n) is 7.64. The maximum absolute atomic E-state index is 13.0. The number of ether oxygens (including phenoxy) is 1. The number of likely N-dealkylation sites (tertiary alicyclic amines) is 1. The maximum atomic E-state index is 13.0. The smallest absolute Gasteiger partial charge is 0.312 e. The molecule has 1 aliphatic heterocycles. The average molecular weight is 402 g/mol. The molecule has 154 valence electrons. The third kappa shape index (κ3) is 4.61. The molecule has 1 N–H and O–H groups in total. The maximum Gasteiger partial charge on any atom is 0.312 e. The molecule has 0 radical (unpaired) electrons. The minimum absolute atomic E-state index is 0.0788. The van der Waals surface area contributed by atoms with Crippen molar-refractivity contribution in [1.82, 2.24) is 20.4 Å². The van der Waals surface area contributed by atoms with E-state index < -0.39 is 17.6 Å². The van der Waals surface area contributed by atoms with E-state index in [-0.39, 0.29) is 23.5 Å². The van der Waals surface area contributed by atoms with Crippen LogP contribution in [0.3, 0.4) is 0 Å². The van der Waals surface area contributed by atoms with Crippen LogP contribution in [0.5, 0.6) is 0 Å². The molecule has 0 aromatic carbocycles. The number of hydrogen-bond donors (Lipinski definition) is 1. The van der Waals surface area contributed by atoms with Crippen LogP contribution in [0.1, 0.15) is 29.8 Å². The van der Waals surface area contributed by atoms with Gasteiger partial charge in [0, 0.05) is 31.7 Å². The van der Waals surface area contributed by atoms with Gasteiger partial charge in [-0.1, -0.05) is 5.16 Å². The molecule has 9 heteroatoms. The van der Waals surface area contributed by atoms with E-state index in [1.165, 1.54) is 38.2 Å². The van der Waals surface area contributed by atoms with Gasteiger partial charge in [-0.25, -0.2) is 9.37 Å². The number of methoxy groups -OCH3 is 1. The molecule has 0 spiro atoms. The molecule has 3 heterocycles. The summed E-state index contributed by atoms with van der Waals surface area (Å²) in [6.45, 7) is 2.38. The fourth-order valence-corrected chi connectivity index (χ4v) is 3.68. The van der Waals surface area contributed by atoms with Crippen molar-refractivity contribution in [3.63, 3.8) is 0 Å². The van der Waals surface area contributed by atoms with E-state index in [1.807, 2.05) is 0 Å². The lowest BCUT2D eigenvalue weighted by molar-refractivity contribution is -0.148. The molecule has 4 rings (SSSR count). The lowest BCUT2D eigenvalue weighted by atomic mass is 9.91. The van der Waals surface area contributed by atoms with E-state index in [0.717, 1.165) is 25.2 Å². The Labute approximate surface area is 167 Å². The second kappa shape index (κ2) is 8.28. The summed E-state index contributed by atoms with van der Waals surface area (Å²) in [5, 5.41) is 6.68. The van der Waals surface area contributed by atoms with Crippen molar-refractivity contribution in [3.8, 4) is 11.5 Å². The highest BCUT2D eigenvalue weighted by molar-refractivity contribution is 5.93. The summed E-state index contributed by atoms with van der Waals surface area (Å²) in [5.41, 5.74) is 0.453. The highest BCUT2D eigenvalue weighted by atomic mass is 19.1. The van der Waals surface area contributed by atoms with Gasteiger partial charge in [0.05, 0.1) is 19.2 Å². The molecule has 2 aromatic heterocycles. The number of rotatable bonds is 6. The van der Waals surface area contributed by atoms with Gasteiger partial charge in [-0.2, -0.15) is 0 Å². The van der Waals surface area contributed by atoms with Crippen molar-refractivity contribution in [2.45, 2.75) is 25.3 Å². The van der Waals surface area contributed by atoms with Crippen molar-refractivity contribution in [2.24, 2.45) is 11.8 Å². The van der Waals surface area contributed by atoms with Crippen LogP contribution >= 0.6 is 0 Å². The number of amides is 1. The molecule has 2 unspecified atom stereocenters. The zero-order valence-electron chi connectivity index (χ0n) is 16.1. The van der Waals surface area contributed by atoms with Crippen LogP contribution in [-0.4, -0.2) is 59.7 Å². The molecular weight excluding hydrogens is 379 g/mol. The van der Waals surface area contributed by atoms with Gasteiger partial charge in [-0.05, 0) is 37.3 Å². The highest BCUT2D eigenvalue weighted by Crippen LogP contribution is 2.31. The summed E-state index contributed by atoms with van der Waals surface area (Å²) in [6, 6.07) is 3.81. The van der Waals surface area contributed by atoms with Gasteiger partial charge in [-0.3, -0.25) is 9.59 Å². The SMILES string of the molecule is COC(=O)C1CN(CC2CC2)CCC1NC(=O)c1cc(-c2ccc(F)cn2)on1. The van der Waals surface area contributed by atoms with Crippen LogP contribution in [-0.2, 0) is 9.53 Å². The normalized spacial score (nSPS) is 22.3. The van der Waals surface area contributed by atoms with Gasteiger partial charge in [0.1, 0.15) is 11.5 Å². The van der Waals surface area contributed by atoms with Crippen LogP contribution in [0.4, 0.5) is 4.39 Å². The van der Waals surface area contributed by atoms with Gasteiger partial charge in [0.25, 0.3) is 5.91 Å². The Bertz CT molecular complexity index is 881. The van der Waals surface area contributed by atoms with Crippen molar-refractivity contribution < 1.29 is 23.2 Å². The van der Waals surface area contributed by atoms with Gasteiger partial charge < -0.3 is 19.5 Å². The van der Waals surface area contributed by atoms with E-state index >= 15 is 0 Å². The lowest BCUT2D eigenvalue weighted by Crippen LogP contribution is -2.54. The average Bonchev–Trinajstić information content (AvgIpc) is 3.40. The number of carbonyl (C=O) groups is 2. The minimum atomic E-state index is -0.465. The van der Waals surface area contributed by atoms with E-state index in [2.05, 4.69) is 20.4 Å². The van der Waals surface area contributed by atoms with Gasteiger partial charge in [0.15, 0.2) is 11.5 Å². The summed E-state index contributed by atoms with van der Waals surface area (Å²) in [5.74, 6) is -0.662. The van der Waals surface area contributed by atoms with Crippen LogP contribution in [0.25, 0.3) is 11.5 Å². The quantitative estimate of drug-likeness (QED) is 0.737. The number of pyridine rings is 1. The van der Waals surface area contributed by atoms with E-state index in [9.17, 15) is 14.0 Å². The van der Waals surface area contributed by atoms with Gasteiger partial charge in [-0.15, -0.1) is 0 Å². The number of halogens is 1. The molecule has 1 aliphatic carbocycles. The Balaban J connectivity index is 1.42. The molecule has 2 fully saturated rings. The number of aromatic nitrogens is 2. The van der Waals surface area contributed by atoms with E-state index in [4.69, 9.17) is 9.26 Å². The van der Waals surface area contributed by atoms with E-state index in [1.54, 1.807) is 0 Å². The number of carbonyl (C=O) groups excluding carboxylic acids is 2. The molecular formula is C20H23FN4O4. The van der Waals surface area contributed by atoms with Crippen molar-refractivity contribution in [1.29, 1.82) is 0 Å². The number of nitrogens with zero attached hydrogens (tertiary/aromatic N) is 3. The fourth-order valence-electron chi connectivity index (χ4n) is 3.68. The van der Waals surface area contributed by atoms with E-state index in [0.29, 0.717) is 18.7 Å². The first kappa shape index (κ1) is 19.5. The number of hydrogen-bond acceptors (Lipinski definition) is 7. The summed E-state index contributed by atoms with van der Waals surface area (Å²) >= 11 is 0. The Morgan fingerprint density at radius 1 is 1.34 bits per heavy atom. The van der Waals surface area contributed by atoms with Crippen molar-refractivity contribution >= 4 is 11.9 Å². The monoisotopic (exact) mass is 402 g/mol. The highest BCUT2D eigenvalue weighted by Gasteiger charge is 2.38. The molecule has 8 nitrogen and oxygen atoms in total. The summed E-state index contributed by atoms with van der Waals surface area (Å²) in [7, 11) is 1.36. The third-order valence-corrected chi connectivity index (χ3v) is 5.45. The van der Waals surface area contributed by atoms with Gasteiger partial charge >= 0.3 is 5.97 Å². The van der Waals surface area contributed by atoms with Crippen LogP contribution in [0.15, 0.2) is 28.9 Å². The molecule has 2 aliphatic rings. The molecule has 1 saturated heterocycles. The Kier molecular flexibility index (Phi) is 5.57. The van der Waals surface area contributed by atoms with Crippen molar-refractivity contribution in [3.05, 3.63) is 35.9 Å². The largest absolute Gasteiger partial charge is 0.469 e. The molecule has 0 bridgehead atoms. The molecule has 2 aromatic rings. The van der Waals surface area contributed by atoms with Crippen LogP contribution in [0, 0.1) is 17.7 Å². The van der Waals surface area contributed by atoms with Crippen molar-refractivity contribution in [2.75, 3.05) is 26.7 Å². The summed E-state index contributed by atoms with van der Waals surface area (Å²) < 4.78 is 23.1. The zero-order valence-corrected chi connectivity index (χ0v) is 16.1.